The largest absolute Gasteiger partial charge is 0.322 e. The van der Waals surface area contributed by atoms with Gasteiger partial charge in [-0.2, -0.15) is 10.5 Å². The smallest absolute Gasteiger partial charge is 0.321 e. The van der Waals surface area contributed by atoms with Crippen molar-refractivity contribution >= 4 is 69.9 Å². The molecule has 6 aliphatic rings. The molecule has 81 heavy (non-hydrogen) atoms. The van der Waals surface area contributed by atoms with Crippen LogP contribution in [-0.2, 0) is 0 Å². The average Bonchev–Trinajstić information content (AvgIpc) is 3.92. The first-order valence-corrected chi connectivity index (χ1v) is 28.7. The van der Waals surface area contributed by atoms with E-state index in [1.54, 1.807) is 48.5 Å². The number of aromatic nitrogens is 2. The molecule has 0 bridgehead atoms. The number of nitriles is 2. The summed E-state index contributed by atoms with van der Waals surface area (Å²) in [4.78, 5) is 51.8. The SMILES string of the molecule is CN1CCN(CC2=Cc3cccnc3C(N3CCN(C(=O)Nc4ccc(C#N)cc4)CC3)c3ccc(Cl)cc32)CC1.N#Cc1ccc(NC(=O)N2CCN(C3c4ccc(Cl)cc4C(CN4CCNCC4)=Cc4cccnc43)CC2)cc1. The Morgan fingerprint density at radius 2 is 0.975 bits per heavy atom. The Bertz CT molecular complexity index is 3380. The van der Waals surface area contributed by atoms with Crippen LogP contribution in [0.15, 0.2) is 122 Å². The Balaban J connectivity index is 0.000000170. The molecule has 18 heteroatoms. The normalized spacial score (nSPS) is 19.7. The number of hydrogen-bond donors (Lipinski definition) is 3. The van der Waals surface area contributed by atoms with Gasteiger partial charge in [-0.05, 0) is 149 Å². The van der Waals surface area contributed by atoms with Gasteiger partial charge >= 0.3 is 12.1 Å². The van der Waals surface area contributed by atoms with Crippen LogP contribution >= 0.6 is 23.2 Å². The molecule has 0 saturated carbocycles. The number of carbonyl (C=O) groups is 2. The van der Waals surface area contributed by atoms with Gasteiger partial charge in [0.05, 0.1) is 46.7 Å². The van der Waals surface area contributed by atoms with E-state index in [0.29, 0.717) is 48.7 Å². The number of anilines is 2. The Morgan fingerprint density at radius 3 is 1.40 bits per heavy atom. The molecule has 414 valence electrons. The van der Waals surface area contributed by atoms with Gasteiger partial charge < -0.3 is 30.7 Å². The molecule has 2 unspecified atom stereocenters. The molecule has 2 aliphatic carbocycles. The molecule has 6 heterocycles. The third-order valence-corrected chi connectivity index (χ3v) is 16.8. The second kappa shape index (κ2) is 25.5. The van der Waals surface area contributed by atoms with Crippen LogP contribution in [0.4, 0.5) is 21.0 Å². The summed E-state index contributed by atoms with van der Waals surface area (Å²) in [6.45, 7) is 15.3. The molecule has 3 N–H and O–H groups in total. The molecule has 4 amide bonds. The lowest BCUT2D eigenvalue weighted by molar-refractivity contribution is 0.125. The summed E-state index contributed by atoms with van der Waals surface area (Å²) >= 11 is 13.2. The maximum Gasteiger partial charge on any atom is 0.321 e. The summed E-state index contributed by atoms with van der Waals surface area (Å²) < 4.78 is 0. The average molecular weight is 1120 g/mol. The van der Waals surface area contributed by atoms with Crippen LogP contribution in [0.3, 0.4) is 0 Å². The highest BCUT2D eigenvalue weighted by Gasteiger charge is 2.36. The van der Waals surface area contributed by atoms with E-state index in [1.807, 2.05) is 46.5 Å². The van der Waals surface area contributed by atoms with Crippen molar-refractivity contribution in [2.24, 2.45) is 0 Å². The van der Waals surface area contributed by atoms with Gasteiger partial charge in [0.15, 0.2) is 0 Å². The van der Waals surface area contributed by atoms with Crippen molar-refractivity contribution in [3.05, 3.63) is 188 Å². The predicted molar refractivity (Wildman–Crippen MR) is 321 cm³/mol. The number of nitrogens with zero attached hydrogens (tertiary/aromatic N) is 11. The number of rotatable bonds is 8. The number of urea groups is 2. The Morgan fingerprint density at radius 1 is 0.556 bits per heavy atom. The molecule has 4 aromatic carbocycles. The zero-order valence-corrected chi connectivity index (χ0v) is 47.1. The topological polar surface area (TPSA) is 166 Å². The van der Waals surface area contributed by atoms with Crippen LogP contribution in [0.2, 0.25) is 10.0 Å². The number of fused-ring (bicyclic) bond motifs is 4. The van der Waals surface area contributed by atoms with Gasteiger partial charge in [0, 0.05) is 152 Å². The fraction of sp³-hybridized carbons (Fsp3) is 0.333. The van der Waals surface area contributed by atoms with E-state index in [1.165, 1.54) is 33.4 Å². The highest BCUT2D eigenvalue weighted by Crippen LogP contribution is 2.43. The van der Waals surface area contributed by atoms with Crippen molar-refractivity contribution in [2.75, 3.05) is 135 Å². The highest BCUT2D eigenvalue weighted by molar-refractivity contribution is 6.31. The Kier molecular flexibility index (Phi) is 17.5. The second-order valence-corrected chi connectivity index (χ2v) is 22.3. The number of pyridine rings is 2. The van der Waals surface area contributed by atoms with E-state index in [0.717, 1.165) is 124 Å². The van der Waals surface area contributed by atoms with Crippen molar-refractivity contribution in [2.45, 2.75) is 12.1 Å². The number of hydrogen-bond acceptors (Lipinski definition) is 12. The highest BCUT2D eigenvalue weighted by atomic mass is 35.5. The number of likely N-dealkylation sites (N-methyl/N-ethyl adjacent to an activating group) is 1. The molecule has 16 nitrogen and oxygen atoms in total. The summed E-state index contributed by atoms with van der Waals surface area (Å²) in [5.74, 6) is 0. The van der Waals surface area contributed by atoms with Gasteiger partial charge in [-0.1, -0.05) is 47.5 Å². The van der Waals surface area contributed by atoms with Crippen LogP contribution in [0, 0.1) is 22.7 Å². The molecule has 4 aliphatic heterocycles. The lowest BCUT2D eigenvalue weighted by Crippen LogP contribution is -2.51. The van der Waals surface area contributed by atoms with Crippen molar-refractivity contribution in [3.8, 4) is 12.1 Å². The molecule has 2 atom stereocenters. The quantitative estimate of drug-likeness (QED) is 0.133. The van der Waals surface area contributed by atoms with E-state index in [4.69, 9.17) is 43.7 Å². The summed E-state index contributed by atoms with van der Waals surface area (Å²) in [6.07, 6.45) is 8.35. The third kappa shape index (κ3) is 13.0. The van der Waals surface area contributed by atoms with Gasteiger partial charge in [0.2, 0.25) is 0 Å². The molecule has 12 rings (SSSR count). The van der Waals surface area contributed by atoms with Crippen molar-refractivity contribution in [1.29, 1.82) is 10.5 Å². The summed E-state index contributed by atoms with van der Waals surface area (Å²) in [7, 11) is 2.18. The zero-order chi connectivity index (χ0) is 55.8. The lowest BCUT2D eigenvalue weighted by Gasteiger charge is -2.40. The van der Waals surface area contributed by atoms with Crippen molar-refractivity contribution < 1.29 is 9.59 Å². The number of carbonyl (C=O) groups excluding carboxylic acids is 2. The third-order valence-electron chi connectivity index (χ3n) is 16.3. The Hall–Kier alpha value is -7.48. The molecular formula is C63H66Cl2N14O2. The van der Waals surface area contributed by atoms with Crippen molar-refractivity contribution in [3.63, 3.8) is 0 Å². The first-order chi connectivity index (χ1) is 39.6. The van der Waals surface area contributed by atoms with Crippen molar-refractivity contribution in [1.82, 2.24) is 49.6 Å². The minimum absolute atomic E-state index is 0.0380. The van der Waals surface area contributed by atoms with Gasteiger partial charge in [-0.25, -0.2) is 9.59 Å². The molecule has 6 aromatic rings. The maximum atomic E-state index is 13.0. The Labute approximate surface area is 484 Å². The summed E-state index contributed by atoms with van der Waals surface area (Å²) in [6, 6.07) is 38.6. The summed E-state index contributed by atoms with van der Waals surface area (Å²) in [5.41, 5.74) is 14.1. The van der Waals surface area contributed by atoms with Gasteiger partial charge in [-0.15, -0.1) is 0 Å². The number of benzene rings is 4. The maximum absolute atomic E-state index is 13.0. The first-order valence-electron chi connectivity index (χ1n) is 27.9. The summed E-state index contributed by atoms with van der Waals surface area (Å²) in [5, 5.41) is 28.9. The first kappa shape index (κ1) is 55.4. The van der Waals surface area contributed by atoms with Gasteiger partial charge in [0.25, 0.3) is 0 Å². The second-order valence-electron chi connectivity index (χ2n) is 21.5. The molecule has 2 aromatic heterocycles. The molecule has 0 radical (unpaired) electrons. The molecule has 0 spiro atoms. The molecule has 4 fully saturated rings. The number of nitrogens with one attached hydrogen (secondary N) is 3. The van der Waals surface area contributed by atoms with E-state index >= 15 is 0 Å². The number of piperazine rings is 4. The monoisotopic (exact) mass is 1120 g/mol. The zero-order valence-electron chi connectivity index (χ0n) is 45.6. The predicted octanol–water partition coefficient (Wildman–Crippen LogP) is 8.95. The van der Waals surface area contributed by atoms with Crippen LogP contribution in [0.1, 0.15) is 68.0 Å². The standard InChI is InChI=1S/C32H34ClN7O.C31H32ClN7O/c1-37-11-13-38(14-12-37)22-25-19-24-3-2-10-35-30(24)31(28-9-6-26(33)20-29(25)28)39-15-17-40(18-16-39)32(41)36-27-7-4-23(21-34)5-8-27;32-25-5-8-27-28(19-25)24(21-37-12-10-34-11-13-37)18-23-2-1-9-35-29(23)30(27)38-14-16-39(17-15-38)31(40)36-26-6-3-22(20-33)4-7-26/h2-10,19-20,31H,11-18,22H2,1H3,(H,36,41);1-9,18-19,30,34H,10-17,21H2,(H,36,40). The minimum Gasteiger partial charge on any atom is -0.322 e. The van der Waals surface area contributed by atoms with Gasteiger partial charge in [-0.3, -0.25) is 29.6 Å². The fourth-order valence-electron chi connectivity index (χ4n) is 11.9. The lowest BCUT2D eigenvalue weighted by atomic mass is 9.93. The fourth-order valence-corrected chi connectivity index (χ4v) is 12.2. The minimum atomic E-state index is -0.129. The van der Waals surface area contributed by atoms with E-state index in [2.05, 4.69) is 108 Å². The van der Waals surface area contributed by atoms with E-state index in [-0.39, 0.29) is 24.1 Å². The van der Waals surface area contributed by atoms with Crippen LogP contribution < -0.4 is 16.0 Å². The molecule has 4 saturated heterocycles. The van der Waals surface area contributed by atoms with Crippen LogP contribution in [0.25, 0.3) is 23.3 Å². The van der Waals surface area contributed by atoms with E-state index in [9.17, 15) is 9.59 Å². The number of halogens is 2. The van der Waals surface area contributed by atoms with Crippen LogP contribution in [0.5, 0.6) is 0 Å². The van der Waals surface area contributed by atoms with Gasteiger partial charge in [0.1, 0.15) is 0 Å². The van der Waals surface area contributed by atoms with Crippen LogP contribution in [-0.4, -0.2) is 181 Å². The number of amides is 4. The molecular weight excluding hydrogens is 1060 g/mol. The van der Waals surface area contributed by atoms with E-state index < -0.39 is 0 Å².